The van der Waals surface area contributed by atoms with Crippen LogP contribution in [0.5, 0.6) is 5.75 Å². The molecular formula is C24H23FN2O3S. The summed E-state index contributed by atoms with van der Waals surface area (Å²) in [7, 11) is 0. The molecule has 0 unspecified atom stereocenters. The lowest BCUT2D eigenvalue weighted by molar-refractivity contribution is 0.0717. The minimum atomic E-state index is -0.471. The average molecular weight is 439 g/mol. The molecule has 2 heterocycles. The van der Waals surface area contributed by atoms with Gasteiger partial charge in [0.2, 0.25) is 0 Å². The number of nitrogens with zero attached hydrogens (tertiary/aromatic N) is 1. The van der Waals surface area contributed by atoms with Gasteiger partial charge in [-0.3, -0.25) is 9.59 Å². The zero-order chi connectivity index (χ0) is 22.0. The van der Waals surface area contributed by atoms with Crippen molar-refractivity contribution in [3.05, 3.63) is 82.0 Å². The van der Waals surface area contributed by atoms with Gasteiger partial charge < -0.3 is 15.3 Å². The Balaban J connectivity index is 1.40. The van der Waals surface area contributed by atoms with Crippen molar-refractivity contribution in [1.29, 1.82) is 0 Å². The lowest BCUT2D eigenvalue weighted by atomic mass is 9.89. The maximum atomic E-state index is 13.4. The van der Waals surface area contributed by atoms with Gasteiger partial charge in [-0.15, -0.1) is 11.3 Å². The number of phenols is 1. The molecule has 1 aromatic heterocycles. The Hall–Kier alpha value is -3.19. The molecule has 0 aliphatic carbocycles. The number of halogens is 1. The van der Waals surface area contributed by atoms with E-state index >= 15 is 0 Å². The van der Waals surface area contributed by atoms with E-state index in [-0.39, 0.29) is 17.2 Å². The number of hydrogen-bond donors (Lipinski definition) is 2. The molecule has 1 aliphatic rings. The van der Waals surface area contributed by atoms with Gasteiger partial charge in [0.1, 0.15) is 11.6 Å². The first kappa shape index (κ1) is 21.1. The molecule has 5 nitrogen and oxygen atoms in total. The maximum absolute atomic E-state index is 13.4. The average Bonchev–Trinajstić information content (AvgIpc) is 3.13. The van der Waals surface area contributed by atoms with Crippen LogP contribution in [0, 0.1) is 12.7 Å². The highest BCUT2D eigenvalue weighted by molar-refractivity contribution is 7.18. The molecule has 0 atom stereocenters. The third-order valence-corrected chi connectivity index (χ3v) is 6.72. The van der Waals surface area contributed by atoms with Crippen LogP contribution in [-0.4, -0.2) is 34.9 Å². The van der Waals surface area contributed by atoms with Crippen LogP contribution in [-0.2, 0) is 0 Å². The largest absolute Gasteiger partial charge is 0.508 e. The normalized spacial score (nSPS) is 14.5. The van der Waals surface area contributed by atoms with Crippen LogP contribution in [0.3, 0.4) is 0 Å². The Labute approximate surface area is 184 Å². The number of carbonyl (C=O) groups is 2. The Kier molecular flexibility index (Phi) is 6.04. The van der Waals surface area contributed by atoms with Gasteiger partial charge in [-0.05, 0) is 73.2 Å². The number of likely N-dealkylation sites (tertiary alicyclic amines) is 1. The van der Waals surface area contributed by atoms with E-state index in [2.05, 4.69) is 5.32 Å². The third kappa shape index (κ3) is 4.77. The van der Waals surface area contributed by atoms with Gasteiger partial charge in [-0.1, -0.05) is 18.2 Å². The van der Waals surface area contributed by atoms with Crippen molar-refractivity contribution < 1.29 is 19.1 Å². The summed E-state index contributed by atoms with van der Waals surface area (Å²) < 4.78 is 13.4. The van der Waals surface area contributed by atoms with Crippen molar-refractivity contribution in [2.45, 2.75) is 25.7 Å². The SMILES string of the molecule is Cc1cc(NC(=O)c2cccc(F)c2)sc1C(=O)N1CCC(c2ccc(O)cc2)CC1. The van der Waals surface area contributed by atoms with E-state index in [1.165, 1.54) is 35.1 Å². The predicted octanol–water partition coefficient (Wildman–Crippen LogP) is 5.17. The van der Waals surface area contributed by atoms with Gasteiger partial charge in [-0.2, -0.15) is 0 Å². The van der Waals surface area contributed by atoms with Gasteiger partial charge in [0.25, 0.3) is 11.8 Å². The lowest BCUT2D eigenvalue weighted by Crippen LogP contribution is -2.37. The number of hydrogen-bond acceptors (Lipinski definition) is 4. The molecule has 1 fully saturated rings. The van der Waals surface area contributed by atoms with Crippen molar-refractivity contribution in [1.82, 2.24) is 4.90 Å². The van der Waals surface area contributed by atoms with E-state index in [1.807, 2.05) is 24.0 Å². The molecule has 0 bridgehead atoms. The highest BCUT2D eigenvalue weighted by atomic mass is 32.1. The fourth-order valence-electron chi connectivity index (χ4n) is 3.88. The number of benzene rings is 2. The molecule has 0 radical (unpaired) electrons. The van der Waals surface area contributed by atoms with E-state index in [4.69, 9.17) is 0 Å². The number of aryl methyl sites for hydroxylation is 1. The summed E-state index contributed by atoms with van der Waals surface area (Å²) in [6.07, 6.45) is 1.73. The number of piperidine rings is 1. The number of amides is 2. The first-order chi connectivity index (χ1) is 14.9. The molecule has 3 aromatic rings. The van der Waals surface area contributed by atoms with Crippen molar-refractivity contribution in [3.63, 3.8) is 0 Å². The fourth-order valence-corrected chi connectivity index (χ4v) is 4.91. The number of anilines is 1. The van der Waals surface area contributed by atoms with Crippen LogP contribution >= 0.6 is 11.3 Å². The molecule has 1 aliphatic heterocycles. The Morgan fingerprint density at radius 1 is 1.10 bits per heavy atom. The number of carbonyl (C=O) groups excluding carboxylic acids is 2. The summed E-state index contributed by atoms with van der Waals surface area (Å²) in [6.45, 7) is 3.17. The van der Waals surface area contributed by atoms with Crippen LogP contribution in [0.1, 0.15) is 49.9 Å². The second-order valence-electron chi connectivity index (χ2n) is 7.75. The summed E-state index contributed by atoms with van der Waals surface area (Å²) in [5.74, 6) is -0.283. The maximum Gasteiger partial charge on any atom is 0.264 e. The molecule has 31 heavy (non-hydrogen) atoms. The molecule has 0 spiro atoms. The predicted molar refractivity (Wildman–Crippen MR) is 119 cm³/mol. The van der Waals surface area contributed by atoms with Crippen LogP contribution in [0.15, 0.2) is 54.6 Å². The van der Waals surface area contributed by atoms with Crippen molar-refractivity contribution in [2.75, 3.05) is 18.4 Å². The fraction of sp³-hybridized carbons (Fsp3) is 0.250. The monoisotopic (exact) mass is 438 g/mol. The number of nitrogens with one attached hydrogen (secondary N) is 1. The Morgan fingerprint density at radius 3 is 2.48 bits per heavy atom. The zero-order valence-electron chi connectivity index (χ0n) is 17.1. The third-order valence-electron chi connectivity index (χ3n) is 5.58. The molecule has 0 saturated carbocycles. The number of aromatic hydroxyl groups is 1. The molecule has 7 heteroatoms. The van der Waals surface area contributed by atoms with E-state index in [9.17, 15) is 19.1 Å². The number of rotatable bonds is 4. The van der Waals surface area contributed by atoms with Gasteiger partial charge in [0, 0.05) is 18.7 Å². The first-order valence-electron chi connectivity index (χ1n) is 10.2. The summed E-state index contributed by atoms with van der Waals surface area (Å²) in [4.78, 5) is 27.9. The first-order valence-corrected chi connectivity index (χ1v) is 11.0. The summed E-state index contributed by atoms with van der Waals surface area (Å²) in [5, 5.41) is 12.8. The van der Waals surface area contributed by atoms with Gasteiger partial charge in [0.05, 0.1) is 9.88 Å². The van der Waals surface area contributed by atoms with E-state index in [0.717, 1.165) is 18.4 Å². The molecule has 2 amide bonds. The van der Waals surface area contributed by atoms with Crippen LogP contribution in [0.2, 0.25) is 0 Å². The van der Waals surface area contributed by atoms with Crippen LogP contribution < -0.4 is 5.32 Å². The Morgan fingerprint density at radius 2 is 1.81 bits per heavy atom. The van der Waals surface area contributed by atoms with Crippen molar-refractivity contribution >= 4 is 28.2 Å². The number of phenolic OH excluding ortho intramolecular Hbond substituents is 1. The molecule has 160 valence electrons. The molecular weight excluding hydrogens is 415 g/mol. The second-order valence-corrected chi connectivity index (χ2v) is 8.80. The molecule has 1 saturated heterocycles. The zero-order valence-corrected chi connectivity index (χ0v) is 17.9. The van der Waals surface area contributed by atoms with Crippen molar-refractivity contribution in [2.24, 2.45) is 0 Å². The van der Waals surface area contributed by atoms with Gasteiger partial charge in [0.15, 0.2) is 0 Å². The minimum absolute atomic E-state index is 0.0297. The molecule has 2 aromatic carbocycles. The second kappa shape index (κ2) is 8.89. The topological polar surface area (TPSA) is 69.6 Å². The van der Waals surface area contributed by atoms with E-state index in [1.54, 1.807) is 24.3 Å². The standard InChI is InChI=1S/C24H23FN2O3S/c1-15-13-21(26-23(29)18-3-2-4-19(25)14-18)31-22(15)24(30)27-11-9-17(10-12-27)16-5-7-20(28)8-6-16/h2-8,13-14,17,28H,9-12H2,1H3,(H,26,29). The summed E-state index contributed by atoms with van der Waals surface area (Å²) in [5.41, 5.74) is 2.22. The van der Waals surface area contributed by atoms with E-state index < -0.39 is 11.7 Å². The summed E-state index contributed by atoms with van der Waals surface area (Å²) in [6, 6.07) is 14.5. The highest BCUT2D eigenvalue weighted by Gasteiger charge is 2.27. The molecule has 2 N–H and O–H groups in total. The van der Waals surface area contributed by atoms with Gasteiger partial charge >= 0.3 is 0 Å². The quantitative estimate of drug-likeness (QED) is 0.590. The lowest BCUT2D eigenvalue weighted by Gasteiger charge is -2.32. The summed E-state index contributed by atoms with van der Waals surface area (Å²) >= 11 is 1.24. The van der Waals surface area contributed by atoms with Crippen molar-refractivity contribution in [3.8, 4) is 5.75 Å². The van der Waals surface area contributed by atoms with E-state index in [0.29, 0.717) is 28.9 Å². The van der Waals surface area contributed by atoms with Crippen LogP contribution in [0.25, 0.3) is 0 Å². The highest BCUT2D eigenvalue weighted by Crippen LogP contribution is 2.32. The van der Waals surface area contributed by atoms with Crippen LogP contribution in [0.4, 0.5) is 9.39 Å². The van der Waals surface area contributed by atoms with Gasteiger partial charge in [-0.25, -0.2) is 4.39 Å². The minimum Gasteiger partial charge on any atom is -0.508 e. The molecule has 4 rings (SSSR count). The smallest absolute Gasteiger partial charge is 0.264 e. The number of thiophene rings is 1. The Bertz CT molecular complexity index is 1100.